The number of hydrogen-bond acceptors (Lipinski definition) is 1. The molecule has 0 heterocycles. The van der Waals surface area contributed by atoms with E-state index in [1.54, 1.807) is 6.92 Å². The van der Waals surface area contributed by atoms with E-state index in [1.807, 2.05) is 0 Å². The Bertz CT molecular complexity index is 1120. The van der Waals surface area contributed by atoms with Crippen LogP contribution < -0.4 is 4.74 Å². The van der Waals surface area contributed by atoms with Gasteiger partial charge >= 0.3 is 6.61 Å². The van der Waals surface area contributed by atoms with Gasteiger partial charge in [-0.3, -0.25) is 5.11 Å². The first kappa shape index (κ1) is 23.4. The largest absolute Gasteiger partial charge is 0.429 e. The Labute approximate surface area is 178 Å². The molecule has 0 atom stereocenters. The first-order valence-corrected chi connectivity index (χ1v) is 9.51. The number of ether oxygens (including phenoxy) is 1. The van der Waals surface area contributed by atoms with E-state index in [1.165, 1.54) is 12.1 Å². The number of rotatable bonds is 7. The molecule has 3 aromatic carbocycles. The second kappa shape index (κ2) is 9.50. The van der Waals surface area contributed by atoms with Gasteiger partial charge in [0.25, 0.3) is 0 Å². The molecule has 0 unspecified atom stereocenters. The maximum Gasteiger partial charge on any atom is 0.387 e. The summed E-state index contributed by atoms with van der Waals surface area (Å²) in [6.45, 7) is -1.66. The van der Waals surface area contributed by atoms with Gasteiger partial charge in [0.15, 0.2) is 23.1 Å². The van der Waals surface area contributed by atoms with Crippen molar-refractivity contribution < 1.29 is 40.6 Å². The van der Waals surface area contributed by atoms with Crippen molar-refractivity contribution in [3.8, 4) is 22.6 Å². The minimum atomic E-state index is -3.44. The van der Waals surface area contributed by atoms with Crippen molar-refractivity contribution in [3.05, 3.63) is 82.2 Å². The Hall–Kier alpha value is -3.23. The van der Waals surface area contributed by atoms with Crippen molar-refractivity contribution in [2.45, 2.75) is 32.8 Å². The highest BCUT2D eigenvalue weighted by Gasteiger charge is 2.24. The Morgan fingerprint density at radius 1 is 0.812 bits per heavy atom. The summed E-state index contributed by atoms with van der Waals surface area (Å²) in [7, 11) is 0. The molecule has 0 aliphatic heterocycles. The first-order chi connectivity index (χ1) is 15.1. The smallest absolute Gasteiger partial charge is 0.387 e. The molecule has 0 fully saturated rings. The fraction of sp³-hybridized carbons (Fsp3) is 0.217. The molecule has 0 aromatic heterocycles. The predicted molar refractivity (Wildman–Crippen MR) is 102 cm³/mol. The van der Waals surface area contributed by atoms with Gasteiger partial charge in [-0.25, -0.2) is 22.0 Å². The fourth-order valence-electron chi connectivity index (χ4n) is 3.33. The summed E-state index contributed by atoms with van der Waals surface area (Å²) in [5.41, 5.74) is -1.04. The molecule has 2 nitrogen and oxygen atoms in total. The Balaban J connectivity index is 1.94. The lowest BCUT2D eigenvalue weighted by Gasteiger charge is -2.13. The lowest BCUT2D eigenvalue weighted by atomic mass is 9.95. The van der Waals surface area contributed by atoms with Gasteiger partial charge in [0.2, 0.25) is 0 Å². The molecule has 0 aliphatic carbocycles. The Morgan fingerprint density at radius 2 is 1.44 bits per heavy atom. The van der Waals surface area contributed by atoms with Crippen LogP contribution in [0.1, 0.15) is 23.6 Å². The monoisotopic (exact) mass is 457 g/mol. The summed E-state index contributed by atoms with van der Waals surface area (Å²) < 4.78 is 99.8. The lowest BCUT2D eigenvalue weighted by molar-refractivity contribution is -0.0546. The van der Waals surface area contributed by atoms with Crippen LogP contribution in [0.4, 0.5) is 30.7 Å². The number of hydrogen-bond donors (Lipinski definition) is 0. The van der Waals surface area contributed by atoms with Crippen LogP contribution in [0.15, 0.2) is 36.4 Å². The highest BCUT2D eigenvalue weighted by Crippen LogP contribution is 2.38. The third-order valence-corrected chi connectivity index (χ3v) is 4.92. The molecule has 0 saturated heterocycles. The SMILES string of the molecule is CCc1ccc(-c2c([O])cc(F)c(CCc3cc(F)c(OC(F)F)c(F)c3)c2F)c(F)c1. The molecule has 0 aliphatic rings. The number of aryl methyl sites for hydroxylation is 2. The van der Waals surface area contributed by atoms with Gasteiger partial charge in [0.1, 0.15) is 17.5 Å². The molecule has 1 radical (unpaired) electrons. The van der Waals surface area contributed by atoms with Crippen LogP contribution in [0.5, 0.6) is 11.5 Å². The maximum atomic E-state index is 15.1. The van der Waals surface area contributed by atoms with Crippen molar-refractivity contribution in [3.63, 3.8) is 0 Å². The third kappa shape index (κ3) is 4.81. The van der Waals surface area contributed by atoms with Crippen molar-refractivity contribution in [1.82, 2.24) is 0 Å². The van der Waals surface area contributed by atoms with Gasteiger partial charge < -0.3 is 4.74 Å². The van der Waals surface area contributed by atoms with Crippen LogP contribution in [-0.2, 0) is 24.4 Å². The van der Waals surface area contributed by atoms with Gasteiger partial charge in [0, 0.05) is 17.2 Å². The molecule has 9 heteroatoms. The van der Waals surface area contributed by atoms with Crippen molar-refractivity contribution in [1.29, 1.82) is 0 Å². The van der Waals surface area contributed by atoms with Gasteiger partial charge in [-0.15, -0.1) is 0 Å². The number of alkyl halides is 2. The molecule has 32 heavy (non-hydrogen) atoms. The average Bonchev–Trinajstić information content (AvgIpc) is 2.71. The standard InChI is InChI=1S/C23H16F7O2/c1-2-11-3-5-13(15(24)7-11)20-19(31)10-16(25)14(21(20)28)6-4-12-8-17(26)22(18(27)9-12)32-23(29)30/h3,5,7-10,23H,2,4,6H2,1H3. The summed E-state index contributed by atoms with van der Waals surface area (Å²) in [5, 5.41) is 12.2. The molecule has 169 valence electrons. The van der Waals surface area contributed by atoms with E-state index in [-0.39, 0.29) is 17.5 Å². The van der Waals surface area contributed by atoms with E-state index < -0.39 is 64.7 Å². The normalized spacial score (nSPS) is 11.3. The third-order valence-electron chi connectivity index (χ3n) is 4.92. The zero-order valence-electron chi connectivity index (χ0n) is 16.6. The van der Waals surface area contributed by atoms with E-state index in [0.717, 1.165) is 6.07 Å². The Morgan fingerprint density at radius 3 is 2.00 bits per heavy atom. The summed E-state index contributed by atoms with van der Waals surface area (Å²) in [6.07, 6.45) is -0.230. The predicted octanol–water partition coefficient (Wildman–Crippen LogP) is 7.14. The molecule has 0 amide bonds. The van der Waals surface area contributed by atoms with Gasteiger partial charge in [0.05, 0.1) is 5.56 Å². The molecular formula is C23H16F7O2. The molecule has 0 saturated carbocycles. The molecule has 3 rings (SSSR count). The summed E-state index contributed by atoms with van der Waals surface area (Å²) in [5.74, 6) is -8.47. The molecular weight excluding hydrogens is 441 g/mol. The molecule has 0 spiro atoms. The van der Waals surface area contributed by atoms with Crippen LogP contribution in [-0.4, -0.2) is 6.61 Å². The Kier molecular flexibility index (Phi) is 6.96. The van der Waals surface area contributed by atoms with E-state index >= 15 is 4.39 Å². The first-order valence-electron chi connectivity index (χ1n) is 9.51. The van der Waals surface area contributed by atoms with Gasteiger partial charge in [-0.2, -0.15) is 8.78 Å². The zero-order valence-corrected chi connectivity index (χ0v) is 16.6. The molecule has 0 bridgehead atoms. The van der Waals surface area contributed by atoms with Crippen molar-refractivity contribution in [2.24, 2.45) is 0 Å². The zero-order chi connectivity index (χ0) is 23.6. The van der Waals surface area contributed by atoms with Gasteiger partial charge in [-0.05, 0) is 48.6 Å². The average molecular weight is 457 g/mol. The van der Waals surface area contributed by atoms with Crippen LogP contribution in [0, 0.1) is 29.1 Å². The van der Waals surface area contributed by atoms with E-state index in [2.05, 4.69) is 4.74 Å². The molecule has 3 aromatic rings. The van der Waals surface area contributed by atoms with Crippen molar-refractivity contribution in [2.75, 3.05) is 0 Å². The highest BCUT2D eigenvalue weighted by atomic mass is 19.3. The summed E-state index contributed by atoms with van der Waals surface area (Å²) >= 11 is 0. The summed E-state index contributed by atoms with van der Waals surface area (Å²) in [6, 6.07) is 5.79. The minimum absolute atomic E-state index is 0.0911. The summed E-state index contributed by atoms with van der Waals surface area (Å²) in [4.78, 5) is 0. The van der Waals surface area contributed by atoms with Crippen LogP contribution >= 0.6 is 0 Å². The van der Waals surface area contributed by atoms with Crippen LogP contribution in [0.3, 0.4) is 0 Å². The lowest BCUT2D eigenvalue weighted by Crippen LogP contribution is -2.07. The van der Waals surface area contributed by atoms with E-state index in [9.17, 15) is 31.4 Å². The number of benzene rings is 3. The highest BCUT2D eigenvalue weighted by molar-refractivity contribution is 5.72. The van der Waals surface area contributed by atoms with E-state index in [0.29, 0.717) is 30.2 Å². The minimum Gasteiger partial charge on any atom is -0.429 e. The van der Waals surface area contributed by atoms with Crippen LogP contribution in [0.25, 0.3) is 11.1 Å². The maximum absolute atomic E-state index is 15.1. The second-order valence-electron chi connectivity index (χ2n) is 6.96. The quantitative estimate of drug-likeness (QED) is 0.347. The van der Waals surface area contributed by atoms with Crippen LogP contribution in [0.2, 0.25) is 0 Å². The van der Waals surface area contributed by atoms with Crippen molar-refractivity contribution >= 4 is 0 Å². The number of halogens is 7. The second-order valence-corrected chi connectivity index (χ2v) is 6.96. The topological polar surface area (TPSA) is 29.1 Å². The van der Waals surface area contributed by atoms with Gasteiger partial charge in [-0.1, -0.05) is 19.1 Å². The van der Waals surface area contributed by atoms with E-state index in [4.69, 9.17) is 0 Å². The molecule has 0 N–H and O–H groups in total. The fourth-order valence-corrected chi connectivity index (χ4v) is 3.33.